The zero-order valence-electron chi connectivity index (χ0n) is 7.57. The Morgan fingerprint density at radius 2 is 1.85 bits per heavy atom. The molecule has 0 spiro atoms. The summed E-state index contributed by atoms with van der Waals surface area (Å²) >= 11 is 0. The molecule has 1 aliphatic heterocycles. The number of hydrogen-bond donors (Lipinski definition) is 1. The summed E-state index contributed by atoms with van der Waals surface area (Å²) < 4.78 is 0. The molecule has 0 amide bonds. The van der Waals surface area contributed by atoms with Gasteiger partial charge in [-0.05, 0) is 0 Å². The number of terminal acetylenes is 1. The number of carbonyl (C=O) groups is 1. The van der Waals surface area contributed by atoms with Crippen molar-refractivity contribution in [1.29, 1.82) is 0 Å². The molecule has 1 fully saturated rings. The van der Waals surface area contributed by atoms with E-state index in [0.29, 0.717) is 6.54 Å². The first kappa shape index (κ1) is 10.0. The molecule has 1 saturated heterocycles. The normalized spacial score (nSPS) is 19.6. The molecule has 0 aromatic carbocycles. The summed E-state index contributed by atoms with van der Waals surface area (Å²) in [7, 11) is 0. The van der Waals surface area contributed by atoms with Gasteiger partial charge >= 0.3 is 5.97 Å². The Labute approximate surface area is 78.1 Å². The second-order valence-electron chi connectivity index (χ2n) is 3.15. The van der Waals surface area contributed by atoms with Crippen LogP contribution in [0.15, 0.2) is 0 Å². The quantitative estimate of drug-likeness (QED) is 0.587. The lowest BCUT2D eigenvalue weighted by Crippen LogP contribution is -2.47. The highest BCUT2D eigenvalue weighted by Gasteiger charge is 2.17. The third-order valence-corrected chi connectivity index (χ3v) is 2.14. The minimum Gasteiger partial charge on any atom is -0.480 e. The van der Waals surface area contributed by atoms with Gasteiger partial charge < -0.3 is 5.11 Å². The molecule has 0 bridgehead atoms. The zero-order chi connectivity index (χ0) is 9.68. The van der Waals surface area contributed by atoms with Crippen molar-refractivity contribution < 1.29 is 9.90 Å². The summed E-state index contributed by atoms with van der Waals surface area (Å²) in [5.74, 6) is 1.83. The molecule has 13 heavy (non-hydrogen) atoms. The van der Waals surface area contributed by atoms with Crippen LogP contribution in [-0.4, -0.2) is 60.1 Å². The zero-order valence-corrected chi connectivity index (χ0v) is 7.57. The van der Waals surface area contributed by atoms with Gasteiger partial charge in [-0.25, -0.2) is 0 Å². The second kappa shape index (κ2) is 4.85. The average molecular weight is 182 g/mol. The van der Waals surface area contributed by atoms with Crippen LogP contribution >= 0.6 is 0 Å². The standard InChI is InChI=1S/C9H14N2O2/c1-2-3-10-4-6-11(7-5-10)8-9(12)13/h1H,3-8H2,(H,12,13). The summed E-state index contributed by atoms with van der Waals surface area (Å²) in [4.78, 5) is 14.5. The highest BCUT2D eigenvalue weighted by molar-refractivity contribution is 5.69. The number of hydrogen-bond acceptors (Lipinski definition) is 3. The van der Waals surface area contributed by atoms with Crippen LogP contribution < -0.4 is 0 Å². The van der Waals surface area contributed by atoms with Crippen LogP contribution in [0.5, 0.6) is 0 Å². The lowest BCUT2D eigenvalue weighted by molar-refractivity contribution is -0.138. The molecule has 1 heterocycles. The van der Waals surface area contributed by atoms with Crippen molar-refractivity contribution in [3.63, 3.8) is 0 Å². The van der Waals surface area contributed by atoms with Crippen molar-refractivity contribution in [1.82, 2.24) is 9.80 Å². The van der Waals surface area contributed by atoms with E-state index < -0.39 is 5.97 Å². The molecule has 1 aliphatic rings. The van der Waals surface area contributed by atoms with Crippen LogP contribution in [0.1, 0.15) is 0 Å². The van der Waals surface area contributed by atoms with Gasteiger partial charge in [-0.3, -0.25) is 14.6 Å². The van der Waals surface area contributed by atoms with Gasteiger partial charge in [0.25, 0.3) is 0 Å². The van der Waals surface area contributed by atoms with Crippen LogP contribution in [0.2, 0.25) is 0 Å². The molecule has 4 heteroatoms. The van der Waals surface area contributed by atoms with Crippen LogP contribution in [0, 0.1) is 12.3 Å². The van der Waals surface area contributed by atoms with E-state index in [2.05, 4.69) is 10.8 Å². The number of nitrogens with zero attached hydrogens (tertiary/aromatic N) is 2. The Kier molecular flexibility index (Phi) is 3.74. The van der Waals surface area contributed by atoms with Crippen molar-refractivity contribution in [2.75, 3.05) is 39.3 Å². The molecule has 72 valence electrons. The van der Waals surface area contributed by atoms with Crippen molar-refractivity contribution >= 4 is 5.97 Å². The van der Waals surface area contributed by atoms with Crippen LogP contribution in [0.25, 0.3) is 0 Å². The van der Waals surface area contributed by atoms with Crippen molar-refractivity contribution in [3.05, 3.63) is 0 Å². The van der Waals surface area contributed by atoms with Gasteiger partial charge in [0.05, 0.1) is 13.1 Å². The molecule has 0 aromatic heterocycles. The fraction of sp³-hybridized carbons (Fsp3) is 0.667. The number of aliphatic carboxylic acids is 1. The van der Waals surface area contributed by atoms with E-state index in [1.54, 1.807) is 0 Å². The summed E-state index contributed by atoms with van der Waals surface area (Å²) in [6, 6.07) is 0. The maximum atomic E-state index is 10.4. The molecule has 0 atom stereocenters. The van der Waals surface area contributed by atoms with E-state index >= 15 is 0 Å². The maximum Gasteiger partial charge on any atom is 0.317 e. The molecule has 1 rings (SSSR count). The highest BCUT2D eigenvalue weighted by Crippen LogP contribution is 1.99. The third kappa shape index (κ3) is 3.45. The third-order valence-electron chi connectivity index (χ3n) is 2.14. The Bertz CT molecular complexity index is 214. The smallest absolute Gasteiger partial charge is 0.317 e. The lowest BCUT2D eigenvalue weighted by atomic mass is 10.3. The maximum absolute atomic E-state index is 10.4. The average Bonchev–Trinajstić information content (AvgIpc) is 2.08. The van der Waals surface area contributed by atoms with Gasteiger partial charge in [0.1, 0.15) is 0 Å². The first-order valence-corrected chi connectivity index (χ1v) is 4.32. The molecule has 0 aromatic rings. The Hall–Kier alpha value is -1.05. The van der Waals surface area contributed by atoms with Crippen molar-refractivity contribution in [2.24, 2.45) is 0 Å². The SMILES string of the molecule is C#CCN1CCN(CC(=O)O)CC1. The molecule has 0 radical (unpaired) electrons. The van der Waals surface area contributed by atoms with E-state index in [4.69, 9.17) is 11.5 Å². The van der Waals surface area contributed by atoms with Gasteiger partial charge in [-0.2, -0.15) is 0 Å². The van der Waals surface area contributed by atoms with Gasteiger partial charge in [0.15, 0.2) is 0 Å². The van der Waals surface area contributed by atoms with Gasteiger partial charge in [0, 0.05) is 26.2 Å². The second-order valence-corrected chi connectivity index (χ2v) is 3.15. The minimum atomic E-state index is -0.759. The molecule has 0 unspecified atom stereocenters. The summed E-state index contributed by atoms with van der Waals surface area (Å²) in [5, 5.41) is 8.55. The molecule has 4 nitrogen and oxygen atoms in total. The number of piperazine rings is 1. The first-order valence-electron chi connectivity index (χ1n) is 4.32. The van der Waals surface area contributed by atoms with E-state index in [1.807, 2.05) is 4.90 Å². The first-order chi connectivity index (χ1) is 6.22. The number of carboxylic acid groups (broad SMARTS) is 1. The van der Waals surface area contributed by atoms with Gasteiger partial charge in [-0.1, -0.05) is 5.92 Å². The van der Waals surface area contributed by atoms with E-state index in [0.717, 1.165) is 26.2 Å². The van der Waals surface area contributed by atoms with E-state index in [1.165, 1.54) is 0 Å². The molecular formula is C9H14N2O2. The topological polar surface area (TPSA) is 43.8 Å². The fourth-order valence-corrected chi connectivity index (χ4v) is 1.43. The Balaban J connectivity index is 2.23. The predicted octanol–water partition coefficient (Wildman–Crippen LogP) is -0.678. The summed E-state index contributed by atoms with van der Waals surface area (Å²) in [5.41, 5.74) is 0. The van der Waals surface area contributed by atoms with Gasteiger partial charge in [0.2, 0.25) is 0 Å². The molecule has 1 N–H and O–H groups in total. The van der Waals surface area contributed by atoms with Crippen molar-refractivity contribution in [2.45, 2.75) is 0 Å². The summed E-state index contributed by atoms with van der Waals surface area (Å²) in [6.07, 6.45) is 5.18. The Morgan fingerprint density at radius 3 is 2.31 bits per heavy atom. The Morgan fingerprint density at radius 1 is 1.31 bits per heavy atom. The minimum absolute atomic E-state index is 0.143. The van der Waals surface area contributed by atoms with Crippen molar-refractivity contribution in [3.8, 4) is 12.3 Å². The molecular weight excluding hydrogens is 168 g/mol. The van der Waals surface area contributed by atoms with E-state index in [9.17, 15) is 4.79 Å². The summed E-state index contributed by atoms with van der Waals surface area (Å²) in [6.45, 7) is 4.15. The van der Waals surface area contributed by atoms with Crippen LogP contribution in [-0.2, 0) is 4.79 Å². The molecule has 0 saturated carbocycles. The highest BCUT2D eigenvalue weighted by atomic mass is 16.4. The fourth-order valence-electron chi connectivity index (χ4n) is 1.43. The largest absolute Gasteiger partial charge is 0.480 e. The number of carboxylic acids is 1. The monoisotopic (exact) mass is 182 g/mol. The lowest BCUT2D eigenvalue weighted by Gasteiger charge is -2.32. The van der Waals surface area contributed by atoms with Gasteiger partial charge in [-0.15, -0.1) is 6.42 Å². The number of rotatable bonds is 3. The van der Waals surface area contributed by atoms with Crippen LogP contribution in [0.3, 0.4) is 0 Å². The molecule has 0 aliphatic carbocycles. The van der Waals surface area contributed by atoms with E-state index in [-0.39, 0.29) is 6.54 Å². The predicted molar refractivity (Wildman–Crippen MR) is 49.3 cm³/mol. The van der Waals surface area contributed by atoms with Crippen LogP contribution in [0.4, 0.5) is 0 Å².